The zero-order valence-electron chi connectivity index (χ0n) is 10.4. The molecule has 1 aromatic heterocycles. The van der Waals surface area contributed by atoms with Gasteiger partial charge in [0, 0.05) is 17.1 Å². The molecule has 2 aromatic rings. The Kier molecular flexibility index (Phi) is 4.15. The molecule has 1 heterocycles. The van der Waals surface area contributed by atoms with E-state index in [4.69, 9.17) is 4.74 Å². The van der Waals surface area contributed by atoms with Crippen molar-refractivity contribution in [1.29, 1.82) is 0 Å². The minimum absolute atomic E-state index is 0.294. The van der Waals surface area contributed by atoms with Gasteiger partial charge in [-0.1, -0.05) is 0 Å². The van der Waals surface area contributed by atoms with Crippen molar-refractivity contribution >= 4 is 17.0 Å². The van der Waals surface area contributed by atoms with E-state index < -0.39 is 0 Å². The zero-order valence-corrected chi connectivity index (χ0v) is 11.2. The number of anilines is 1. The van der Waals surface area contributed by atoms with E-state index in [0.717, 1.165) is 15.6 Å². The third-order valence-corrected chi connectivity index (χ3v) is 3.28. The lowest BCUT2D eigenvalue weighted by Crippen LogP contribution is -2.02. The molecule has 96 valence electrons. The number of nitrogens with zero attached hydrogens (tertiary/aromatic N) is 1. The van der Waals surface area contributed by atoms with E-state index in [-0.39, 0.29) is 5.82 Å². The maximum atomic E-state index is 13.1. The van der Waals surface area contributed by atoms with Crippen molar-refractivity contribution in [3.8, 4) is 5.75 Å². The van der Waals surface area contributed by atoms with E-state index in [2.05, 4.69) is 10.3 Å². The number of halogens is 1. The van der Waals surface area contributed by atoms with Crippen LogP contribution in [0, 0.1) is 12.7 Å². The van der Waals surface area contributed by atoms with E-state index in [1.807, 2.05) is 20.0 Å². The van der Waals surface area contributed by atoms with Crippen LogP contribution in [-0.2, 0) is 6.54 Å². The summed E-state index contributed by atoms with van der Waals surface area (Å²) in [6, 6.07) is 4.50. The smallest absolute Gasteiger partial charge is 0.145 e. The summed E-state index contributed by atoms with van der Waals surface area (Å²) in [5, 5.41) is 4.27. The van der Waals surface area contributed by atoms with Crippen LogP contribution in [0.5, 0.6) is 5.75 Å². The van der Waals surface area contributed by atoms with E-state index in [1.54, 1.807) is 17.4 Å². The fourth-order valence-electron chi connectivity index (χ4n) is 1.59. The van der Waals surface area contributed by atoms with Crippen molar-refractivity contribution in [2.75, 3.05) is 11.9 Å². The molecular formula is C13H15FN2OS. The number of hydrogen-bond donors (Lipinski definition) is 1. The van der Waals surface area contributed by atoms with E-state index in [1.165, 1.54) is 12.1 Å². The number of thiazole rings is 1. The van der Waals surface area contributed by atoms with Crippen molar-refractivity contribution in [3.05, 3.63) is 40.1 Å². The first-order valence-corrected chi connectivity index (χ1v) is 6.58. The third kappa shape index (κ3) is 3.20. The van der Waals surface area contributed by atoms with E-state index in [0.29, 0.717) is 18.9 Å². The molecule has 0 saturated carbocycles. The van der Waals surface area contributed by atoms with Crippen LogP contribution in [0.25, 0.3) is 0 Å². The Hall–Kier alpha value is -1.62. The molecule has 0 radical (unpaired) electrons. The second kappa shape index (κ2) is 5.82. The number of aryl methyl sites for hydroxylation is 1. The molecule has 0 unspecified atom stereocenters. The van der Waals surface area contributed by atoms with Gasteiger partial charge in [0.25, 0.3) is 0 Å². The predicted molar refractivity (Wildman–Crippen MR) is 71.7 cm³/mol. The minimum atomic E-state index is -0.294. The molecule has 0 fully saturated rings. The first-order valence-electron chi connectivity index (χ1n) is 5.76. The third-order valence-electron chi connectivity index (χ3n) is 2.37. The SMILES string of the molecule is CCOc1cc(F)ccc1NCc1cnc(C)s1. The zero-order chi connectivity index (χ0) is 13.0. The van der Waals surface area contributed by atoms with Gasteiger partial charge in [-0.3, -0.25) is 0 Å². The van der Waals surface area contributed by atoms with Crippen LogP contribution in [0.15, 0.2) is 24.4 Å². The quantitative estimate of drug-likeness (QED) is 0.897. The van der Waals surface area contributed by atoms with Crippen LogP contribution in [0.2, 0.25) is 0 Å². The van der Waals surface area contributed by atoms with E-state index in [9.17, 15) is 4.39 Å². The molecule has 0 bridgehead atoms. The monoisotopic (exact) mass is 266 g/mol. The summed E-state index contributed by atoms with van der Waals surface area (Å²) in [5.74, 6) is 0.247. The Morgan fingerprint density at radius 1 is 1.44 bits per heavy atom. The van der Waals surface area contributed by atoms with Gasteiger partial charge in [0.15, 0.2) is 0 Å². The first-order chi connectivity index (χ1) is 8.69. The molecule has 2 rings (SSSR count). The van der Waals surface area contributed by atoms with Gasteiger partial charge in [-0.05, 0) is 26.0 Å². The highest BCUT2D eigenvalue weighted by Gasteiger charge is 2.05. The van der Waals surface area contributed by atoms with Gasteiger partial charge >= 0.3 is 0 Å². The summed E-state index contributed by atoms with van der Waals surface area (Å²) in [6.45, 7) is 5.02. The first kappa shape index (κ1) is 12.8. The molecule has 0 saturated heterocycles. The number of ether oxygens (including phenoxy) is 1. The van der Waals surface area contributed by atoms with E-state index >= 15 is 0 Å². The van der Waals surface area contributed by atoms with Gasteiger partial charge in [0.2, 0.25) is 0 Å². The number of rotatable bonds is 5. The molecule has 0 atom stereocenters. The predicted octanol–water partition coefficient (Wildman–Crippen LogP) is 3.60. The van der Waals surface area contributed by atoms with Crippen LogP contribution >= 0.6 is 11.3 Å². The number of aromatic nitrogens is 1. The number of benzene rings is 1. The fraction of sp³-hybridized carbons (Fsp3) is 0.308. The largest absolute Gasteiger partial charge is 0.492 e. The Bertz CT molecular complexity index is 527. The van der Waals surface area contributed by atoms with Crippen molar-refractivity contribution in [1.82, 2.24) is 4.98 Å². The Morgan fingerprint density at radius 2 is 2.28 bits per heavy atom. The van der Waals surface area contributed by atoms with Crippen LogP contribution < -0.4 is 10.1 Å². The average molecular weight is 266 g/mol. The molecule has 5 heteroatoms. The molecule has 1 aromatic carbocycles. The lowest BCUT2D eigenvalue weighted by Gasteiger charge is -2.11. The normalized spacial score (nSPS) is 10.4. The molecule has 0 spiro atoms. The minimum Gasteiger partial charge on any atom is -0.492 e. The number of hydrogen-bond acceptors (Lipinski definition) is 4. The van der Waals surface area contributed by atoms with Gasteiger partial charge in [-0.2, -0.15) is 0 Å². The highest BCUT2D eigenvalue weighted by atomic mass is 32.1. The molecule has 18 heavy (non-hydrogen) atoms. The molecular weight excluding hydrogens is 251 g/mol. The number of nitrogens with one attached hydrogen (secondary N) is 1. The van der Waals surface area contributed by atoms with Crippen molar-refractivity contribution in [2.45, 2.75) is 20.4 Å². The molecule has 0 amide bonds. The van der Waals surface area contributed by atoms with Gasteiger partial charge in [0.05, 0.1) is 23.8 Å². The summed E-state index contributed by atoms with van der Waals surface area (Å²) in [4.78, 5) is 5.33. The van der Waals surface area contributed by atoms with Crippen LogP contribution in [0.4, 0.5) is 10.1 Å². The average Bonchev–Trinajstić information content (AvgIpc) is 2.75. The molecule has 3 nitrogen and oxygen atoms in total. The van der Waals surface area contributed by atoms with Crippen molar-refractivity contribution in [3.63, 3.8) is 0 Å². The fourth-order valence-corrected chi connectivity index (χ4v) is 2.32. The summed E-state index contributed by atoms with van der Waals surface area (Å²) >= 11 is 1.64. The topological polar surface area (TPSA) is 34.1 Å². The van der Waals surface area contributed by atoms with Crippen molar-refractivity contribution < 1.29 is 9.13 Å². The van der Waals surface area contributed by atoms with Gasteiger partial charge in [0.1, 0.15) is 11.6 Å². The van der Waals surface area contributed by atoms with Crippen LogP contribution in [0.3, 0.4) is 0 Å². The second-order valence-corrected chi connectivity index (χ2v) is 5.09. The van der Waals surface area contributed by atoms with Gasteiger partial charge in [-0.15, -0.1) is 11.3 Å². The molecule has 0 aliphatic carbocycles. The van der Waals surface area contributed by atoms with Crippen molar-refractivity contribution in [2.24, 2.45) is 0 Å². The maximum absolute atomic E-state index is 13.1. The maximum Gasteiger partial charge on any atom is 0.145 e. The molecule has 1 N–H and O–H groups in total. The Morgan fingerprint density at radius 3 is 2.94 bits per heavy atom. The Balaban J connectivity index is 2.08. The van der Waals surface area contributed by atoms with Crippen LogP contribution in [0.1, 0.15) is 16.8 Å². The Labute approximate surface area is 110 Å². The van der Waals surface area contributed by atoms with Crippen LogP contribution in [-0.4, -0.2) is 11.6 Å². The molecule has 0 aliphatic rings. The second-order valence-electron chi connectivity index (χ2n) is 3.77. The molecule has 0 aliphatic heterocycles. The summed E-state index contributed by atoms with van der Waals surface area (Å²) in [5.41, 5.74) is 0.796. The summed E-state index contributed by atoms with van der Waals surface area (Å²) in [6.07, 6.45) is 1.84. The standard InChI is InChI=1S/C13H15FN2OS/c1-3-17-13-6-10(14)4-5-12(13)16-8-11-7-15-9(2)18-11/h4-7,16H,3,8H2,1-2H3. The van der Waals surface area contributed by atoms with Gasteiger partial charge in [-0.25, -0.2) is 9.37 Å². The lowest BCUT2D eigenvalue weighted by molar-refractivity contribution is 0.340. The lowest BCUT2D eigenvalue weighted by atomic mass is 10.2. The summed E-state index contributed by atoms with van der Waals surface area (Å²) in [7, 11) is 0. The highest BCUT2D eigenvalue weighted by Crippen LogP contribution is 2.26. The highest BCUT2D eigenvalue weighted by molar-refractivity contribution is 7.11. The van der Waals surface area contributed by atoms with Gasteiger partial charge < -0.3 is 10.1 Å². The summed E-state index contributed by atoms with van der Waals surface area (Å²) < 4.78 is 18.5.